The molecule has 2 heteroatoms. The van der Waals surface area contributed by atoms with Crippen LogP contribution in [0, 0.1) is 0 Å². The highest BCUT2D eigenvalue weighted by Crippen LogP contribution is 2.26. The van der Waals surface area contributed by atoms with Crippen LogP contribution in [-0.4, -0.2) is 6.61 Å². The van der Waals surface area contributed by atoms with E-state index in [0.29, 0.717) is 0 Å². The summed E-state index contributed by atoms with van der Waals surface area (Å²) in [5.41, 5.74) is 1.34. The Morgan fingerprint density at radius 1 is 1.25 bits per heavy atom. The van der Waals surface area contributed by atoms with Crippen molar-refractivity contribution in [3.8, 4) is 5.75 Å². The highest BCUT2D eigenvalue weighted by molar-refractivity contribution is 9.10. The van der Waals surface area contributed by atoms with Gasteiger partial charge in [-0.25, -0.2) is 0 Å². The summed E-state index contributed by atoms with van der Waals surface area (Å²) in [7, 11) is 0. The topological polar surface area (TPSA) is 9.23 Å². The van der Waals surface area contributed by atoms with Crippen molar-refractivity contribution < 1.29 is 4.74 Å². The highest BCUT2D eigenvalue weighted by Gasteiger charge is 2.07. The molecule has 0 saturated carbocycles. The number of aryl methyl sites for hydroxylation is 1. The number of hydrogen-bond acceptors (Lipinski definition) is 1. The van der Waals surface area contributed by atoms with Gasteiger partial charge in [-0.2, -0.15) is 0 Å². The third-order valence-electron chi connectivity index (χ3n) is 2.12. The molecule has 0 spiro atoms. The molecule has 0 unspecified atom stereocenters. The van der Waals surface area contributed by atoms with Crippen molar-refractivity contribution in [2.24, 2.45) is 0 Å². The molecule has 0 aliphatic carbocycles. The fourth-order valence-electron chi connectivity index (χ4n) is 1.48. The molecule has 0 fully saturated rings. The Morgan fingerprint density at radius 2 is 2.17 bits per heavy atom. The van der Waals surface area contributed by atoms with E-state index in [1.807, 2.05) is 12.1 Å². The summed E-state index contributed by atoms with van der Waals surface area (Å²) >= 11 is 3.46. The largest absolute Gasteiger partial charge is 0.493 e. The third kappa shape index (κ3) is 1.63. The lowest BCUT2D eigenvalue weighted by atomic mass is 10.1. The van der Waals surface area contributed by atoms with Gasteiger partial charge in [0.2, 0.25) is 0 Å². The third-order valence-corrected chi connectivity index (χ3v) is 2.61. The van der Waals surface area contributed by atoms with E-state index >= 15 is 0 Å². The van der Waals surface area contributed by atoms with Crippen molar-refractivity contribution in [2.75, 3.05) is 6.61 Å². The first kappa shape index (κ1) is 8.11. The van der Waals surface area contributed by atoms with Crippen molar-refractivity contribution in [3.05, 3.63) is 28.2 Å². The van der Waals surface area contributed by atoms with E-state index in [-0.39, 0.29) is 0 Å². The number of halogens is 1. The average Bonchev–Trinajstić information content (AvgIpc) is 2.28. The fourth-order valence-corrected chi connectivity index (χ4v) is 1.89. The summed E-state index contributed by atoms with van der Waals surface area (Å²) < 4.78 is 6.73. The second kappa shape index (κ2) is 3.48. The molecule has 0 N–H and O–H groups in total. The molecule has 1 heterocycles. The Hall–Kier alpha value is -0.500. The summed E-state index contributed by atoms with van der Waals surface area (Å²) in [4.78, 5) is 0. The summed E-state index contributed by atoms with van der Waals surface area (Å²) in [5.74, 6) is 1.07. The molecule has 0 amide bonds. The van der Waals surface area contributed by atoms with E-state index in [4.69, 9.17) is 4.74 Å². The van der Waals surface area contributed by atoms with Crippen LogP contribution in [0.25, 0.3) is 0 Å². The molecular weight excluding hydrogens is 216 g/mol. The Balaban J connectivity index is 2.36. The fraction of sp³-hybridized carbons (Fsp3) is 0.400. The van der Waals surface area contributed by atoms with Gasteiger partial charge in [0, 0.05) is 4.47 Å². The highest BCUT2D eigenvalue weighted by atomic mass is 79.9. The maximum absolute atomic E-state index is 5.58. The zero-order valence-corrected chi connectivity index (χ0v) is 8.43. The van der Waals surface area contributed by atoms with Crippen molar-refractivity contribution in [1.29, 1.82) is 0 Å². The normalized spacial score (nSPS) is 16.1. The molecule has 0 saturated heterocycles. The van der Waals surface area contributed by atoms with Crippen LogP contribution in [0.3, 0.4) is 0 Å². The van der Waals surface area contributed by atoms with E-state index in [2.05, 4.69) is 22.0 Å². The van der Waals surface area contributed by atoms with Gasteiger partial charge in [0.05, 0.1) is 6.61 Å². The Labute approximate surface area is 80.9 Å². The minimum Gasteiger partial charge on any atom is -0.493 e. The molecule has 1 nitrogen and oxygen atoms in total. The number of hydrogen-bond donors (Lipinski definition) is 0. The van der Waals surface area contributed by atoms with Crippen molar-refractivity contribution >= 4 is 15.9 Å². The smallest absolute Gasteiger partial charge is 0.122 e. The molecule has 1 aromatic carbocycles. The second-order valence-corrected chi connectivity index (χ2v) is 3.97. The van der Waals surface area contributed by atoms with Crippen LogP contribution in [-0.2, 0) is 6.42 Å². The van der Waals surface area contributed by atoms with E-state index in [1.54, 1.807) is 0 Å². The lowest BCUT2D eigenvalue weighted by Crippen LogP contribution is -1.94. The van der Waals surface area contributed by atoms with Gasteiger partial charge < -0.3 is 4.74 Å². The van der Waals surface area contributed by atoms with Gasteiger partial charge in [-0.1, -0.05) is 15.9 Å². The van der Waals surface area contributed by atoms with Gasteiger partial charge in [-0.05, 0) is 43.0 Å². The first-order chi connectivity index (χ1) is 5.86. The van der Waals surface area contributed by atoms with Gasteiger partial charge in [0.25, 0.3) is 0 Å². The summed E-state index contributed by atoms with van der Waals surface area (Å²) in [5, 5.41) is 0. The minimum atomic E-state index is 0.870. The van der Waals surface area contributed by atoms with Crippen LogP contribution in [0.5, 0.6) is 5.75 Å². The molecule has 64 valence electrons. The van der Waals surface area contributed by atoms with E-state index in [0.717, 1.165) is 23.2 Å². The van der Waals surface area contributed by atoms with Gasteiger partial charge in [0.1, 0.15) is 5.75 Å². The quantitative estimate of drug-likeness (QED) is 0.661. The van der Waals surface area contributed by atoms with Crippen LogP contribution in [0.4, 0.5) is 0 Å². The molecule has 1 aliphatic heterocycles. The van der Waals surface area contributed by atoms with Gasteiger partial charge in [-0.15, -0.1) is 0 Å². The van der Waals surface area contributed by atoms with Crippen molar-refractivity contribution in [1.82, 2.24) is 0 Å². The van der Waals surface area contributed by atoms with Crippen molar-refractivity contribution in [3.63, 3.8) is 0 Å². The second-order valence-electron chi connectivity index (χ2n) is 3.06. The van der Waals surface area contributed by atoms with E-state index < -0.39 is 0 Å². The van der Waals surface area contributed by atoms with Crippen LogP contribution >= 0.6 is 15.9 Å². The zero-order valence-electron chi connectivity index (χ0n) is 6.85. The Bertz CT molecular complexity index is 283. The van der Waals surface area contributed by atoms with Gasteiger partial charge in [0.15, 0.2) is 0 Å². The maximum Gasteiger partial charge on any atom is 0.122 e. The maximum atomic E-state index is 5.58. The molecule has 12 heavy (non-hydrogen) atoms. The van der Waals surface area contributed by atoms with E-state index in [9.17, 15) is 0 Å². The molecule has 0 radical (unpaired) electrons. The van der Waals surface area contributed by atoms with Crippen LogP contribution < -0.4 is 4.74 Å². The molecule has 1 aliphatic rings. The first-order valence-corrected chi connectivity index (χ1v) is 5.07. The summed E-state index contributed by atoms with van der Waals surface area (Å²) in [6.45, 7) is 0.870. The zero-order chi connectivity index (χ0) is 8.39. The molecule has 0 atom stereocenters. The molecular formula is C10H11BrO. The number of fused-ring (bicyclic) bond motifs is 1. The first-order valence-electron chi connectivity index (χ1n) is 4.27. The Kier molecular flexibility index (Phi) is 2.35. The SMILES string of the molecule is Brc1ccc2c(c1)CCCCO2. The van der Waals surface area contributed by atoms with Gasteiger partial charge in [-0.3, -0.25) is 0 Å². The predicted molar refractivity (Wildman–Crippen MR) is 52.6 cm³/mol. The lowest BCUT2D eigenvalue weighted by molar-refractivity contribution is 0.317. The molecule has 0 bridgehead atoms. The number of benzene rings is 1. The predicted octanol–water partition coefficient (Wildman–Crippen LogP) is 3.16. The molecule has 2 rings (SSSR count). The van der Waals surface area contributed by atoms with E-state index in [1.165, 1.54) is 18.4 Å². The molecule has 0 aromatic heterocycles. The van der Waals surface area contributed by atoms with Gasteiger partial charge >= 0.3 is 0 Å². The summed E-state index contributed by atoms with van der Waals surface area (Å²) in [6.07, 6.45) is 3.56. The number of ether oxygens (including phenoxy) is 1. The number of rotatable bonds is 0. The van der Waals surface area contributed by atoms with Crippen LogP contribution in [0.2, 0.25) is 0 Å². The van der Waals surface area contributed by atoms with Crippen molar-refractivity contribution in [2.45, 2.75) is 19.3 Å². The van der Waals surface area contributed by atoms with Crippen LogP contribution in [0.15, 0.2) is 22.7 Å². The monoisotopic (exact) mass is 226 g/mol. The van der Waals surface area contributed by atoms with Crippen LogP contribution in [0.1, 0.15) is 18.4 Å². The molecule has 1 aromatic rings. The lowest BCUT2D eigenvalue weighted by Gasteiger charge is -2.05. The average molecular weight is 227 g/mol. The summed E-state index contributed by atoms with van der Waals surface area (Å²) in [6, 6.07) is 6.23. The minimum absolute atomic E-state index is 0.870. The standard InChI is InChI=1S/C10H11BrO/c11-9-4-5-10-8(7-9)3-1-2-6-12-10/h4-5,7H,1-3,6H2. The Morgan fingerprint density at radius 3 is 3.08 bits per heavy atom.